The number of rotatable bonds is 3. The predicted octanol–water partition coefficient (Wildman–Crippen LogP) is 2.97. The molecule has 0 unspecified atom stereocenters. The van der Waals surface area contributed by atoms with Crippen LogP contribution >= 0.6 is 0 Å². The van der Waals surface area contributed by atoms with Gasteiger partial charge in [-0.3, -0.25) is 9.59 Å². The highest BCUT2D eigenvalue weighted by Gasteiger charge is 2.36. The van der Waals surface area contributed by atoms with Crippen molar-refractivity contribution < 1.29 is 22.8 Å². The van der Waals surface area contributed by atoms with Crippen LogP contribution in [0.2, 0.25) is 0 Å². The molecule has 7 heteroatoms. The molecule has 1 saturated heterocycles. The van der Waals surface area contributed by atoms with Crippen LogP contribution in [-0.4, -0.2) is 28.8 Å². The number of carbonyl (C=O) groups excluding carboxylic acids is 2. The minimum atomic E-state index is -4.42. The minimum Gasteiger partial charge on any atom is -0.351 e. The molecule has 2 amide bonds. The van der Waals surface area contributed by atoms with E-state index >= 15 is 0 Å². The van der Waals surface area contributed by atoms with E-state index in [1.807, 2.05) is 20.8 Å². The second-order valence-corrected chi connectivity index (χ2v) is 7.11. The van der Waals surface area contributed by atoms with E-state index in [-0.39, 0.29) is 31.3 Å². The number of likely N-dealkylation sites (tertiary alicyclic amines) is 1. The Kier molecular flexibility index (Phi) is 4.92. The zero-order valence-electron chi connectivity index (χ0n) is 13.9. The van der Waals surface area contributed by atoms with E-state index in [9.17, 15) is 22.8 Å². The van der Waals surface area contributed by atoms with Crippen LogP contribution in [0, 0.1) is 5.92 Å². The minimum absolute atomic E-state index is 0.0715. The maximum Gasteiger partial charge on any atom is 0.416 e. The van der Waals surface area contributed by atoms with Crippen molar-refractivity contribution in [3.05, 3.63) is 35.4 Å². The van der Waals surface area contributed by atoms with Gasteiger partial charge in [-0.15, -0.1) is 0 Å². The number of alkyl halides is 3. The molecule has 0 spiro atoms. The summed E-state index contributed by atoms with van der Waals surface area (Å²) in [4.78, 5) is 25.6. The van der Waals surface area contributed by atoms with Crippen LogP contribution in [-0.2, 0) is 22.3 Å². The lowest BCUT2D eigenvalue weighted by Gasteiger charge is -2.23. The van der Waals surface area contributed by atoms with E-state index < -0.39 is 23.2 Å². The van der Waals surface area contributed by atoms with Gasteiger partial charge >= 0.3 is 6.18 Å². The molecule has 1 aromatic rings. The standard InChI is InChI=1S/C17H21F3N2O2/c1-16(2,3)21-15(24)12-8-14(23)22(10-12)9-11-5-4-6-13(7-11)17(18,19)20/h4-7,12H,8-10H2,1-3H3,(H,21,24)/t12-/m1/s1. The van der Waals surface area contributed by atoms with Crippen molar-refractivity contribution in [3.8, 4) is 0 Å². The number of amides is 2. The molecule has 2 rings (SSSR count). The molecule has 132 valence electrons. The number of halogens is 3. The van der Waals surface area contributed by atoms with Gasteiger partial charge in [0.2, 0.25) is 11.8 Å². The Bertz CT molecular complexity index is 635. The van der Waals surface area contributed by atoms with Crippen LogP contribution in [0.15, 0.2) is 24.3 Å². The first-order valence-electron chi connectivity index (χ1n) is 7.71. The summed E-state index contributed by atoms with van der Waals surface area (Å²) in [5.74, 6) is -0.897. The molecular formula is C17H21F3N2O2. The van der Waals surface area contributed by atoms with Crippen molar-refractivity contribution in [3.63, 3.8) is 0 Å². The van der Waals surface area contributed by atoms with Crippen LogP contribution < -0.4 is 5.32 Å². The summed E-state index contributed by atoms with van der Waals surface area (Å²) in [6.45, 7) is 5.84. The summed E-state index contributed by atoms with van der Waals surface area (Å²) in [6, 6.07) is 4.90. The van der Waals surface area contributed by atoms with Gasteiger partial charge in [0.25, 0.3) is 0 Å². The molecule has 0 aliphatic carbocycles. The molecule has 1 fully saturated rings. The van der Waals surface area contributed by atoms with E-state index in [1.54, 1.807) is 6.07 Å². The molecule has 4 nitrogen and oxygen atoms in total. The smallest absolute Gasteiger partial charge is 0.351 e. The van der Waals surface area contributed by atoms with Crippen molar-refractivity contribution in [2.45, 2.75) is 45.5 Å². The SMILES string of the molecule is CC(C)(C)NC(=O)[C@@H]1CC(=O)N(Cc2cccc(C(F)(F)F)c2)C1. The molecule has 0 radical (unpaired) electrons. The van der Waals surface area contributed by atoms with Crippen molar-refractivity contribution in [2.75, 3.05) is 6.54 Å². The number of hydrogen-bond acceptors (Lipinski definition) is 2. The van der Waals surface area contributed by atoms with Gasteiger partial charge in [-0.1, -0.05) is 12.1 Å². The molecule has 0 aromatic heterocycles. The van der Waals surface area contributed by atoms with Crippen molar-refractivity contribution in [1.82, 2.24) is 10.2 Å². The Balaban J connectivity index is 2.04. The molecule has 24 heavy (non-hydrogen) atoms. The van der Waals surface area contributed by atoms with Gasteiger partial charge in [-0.05, 0) is 38.5 Å². The first kappa shape index (κ1) is 18.3. The summed E-state index contributed by atoms with van der Waals surface area (Å²) in [5.41, 5.74) is -0.738. The maximum absolute atomic E-state index is 12.8. The third-order valence-electron chi connectivity index (χ3n) is 3.71. The Morgan fingerprint density at radius 3 is 2.54 bits per heavy atom. The molecule has 1 aromatic carbocycles. The van der Waals surface area contributed by atoms with Gasteiger partial charge in [0, 0.05) is 25.0 Å². The van der Waals surface area contributed by atoms with E-state index in [1.165, 1.54) is 11.0 Å². The van der Waals surface area contributed by atoms with E-state index in [0.29, 0.717) is 5.56 Å². The fourth-order valence-corrected chi connectivity index (χ4v) is 2.64. The Labute approximate surface area is 139 Å². The van der Waals surface area contributed by atoms with E-state index in [2.05, 4.69) is 5.32 Å². The normalized spacial score (nSPS) is 18.8. The maximum atomic E-state index is 12.8. The topological polar surface area (TPSA) is 49.4 Å². The Morgan fingerprint density at radius 2 is 1.96 bits per heavy atom. The Hall–Kier alpha value is -2.05. The van der Waals surface area contributed by atoms with Gasteiger partial charge in [0.15, 0.2) is 0 Å². The van der Waals surface area contributed by atoms with Gasteiger partial charge in [0.05, 0.1) is 11.5 Å². The molecule has 1 N–H and O–H groups in total. The molecule has 0 saturated carbocycles. The monoisotopic (exact) mass is 342 g/mol. The quantitative estimate of drug-likeness (QED) is 0.918. The van der Waals surface area contributed by atoms with Crippen LogP contribution in [0.4, 0.5) is 13.2 Å². The fraction of sp³-hybridized carbons (Fsp3) is 0.529. The van der Waals surface area contributed by atoms with Gasteiger partial charge in [0.1, 0.15) is 0 Å². The first-order valence-corrected chi connectivity index (χ1v) is 7.71. The highest BCUT2D eigenvalue weighted by molar-refractivity contribution is 5.89. The zero-order chi connectivity index (χ0) is 18.1. The summed E-state index contributed by atoms with van der Waals surface area (Å²) in [6.07, 6.45) is -4.33. The van der Waals surface area contributed by atoms with Crippen LogP contribution in [0.25, 0.3) is 0 Å². The van der Waals surface area contributed by atoms with Gasteiger partial charge < -0.3 is 10.2 Å². The summed E-state index contributed by atoms with van der Waals surface area (Å²) >= 11 is 0. The van der Waals surface area contributed by atoms with Gasteiger partial charge in [-0.2, -0.15) is 13.2 Å². The largest absolute Gasteiger partial charge is 0.416 e. The highest BCUT2D eigenvalue weighted by Crippen LogP contribution is 2.30. The third-order valence-corrected chi connectivity index (χ3v) is 3.71. The molecule has 1 atom stereocenters. The number of nitrogens with one attached hydrogen (secondary N) is 1. The second-order valence-electron chi connectivity index (χ2n) is 7.11. The lowest BCUT2D eigenvalue weighted by atomic mass is 10.0. The van der Waals surface area contributed by atoms with Crippen LogP contribution in [0.1, 0.15) is 38.3 Å². The zero-order valence-corrected chi connectivity index (χ0v) is 13.9. The van der Waals surface area contributed by atoms with Crippen LogP contribution in [0.3, 0.4) is 0 Å². The molecule has 1 aliphatic rings. The highest BCUT2D eigenvalue weighted by atomic mass is 19.4. The van der Waals surface area contributed by atoms with Crippen molar-refractivity contribution >= 4 is 11.8 Å². The average Bonchev–Trinajstić information content (AvgIpc) is 2.78. The molecular weight excluding hydrogens is 321 g/mol. The Morgan fingerprint density at radius 1 is 1.29 bits per heavy atom. The number of carbonyl (C=O) groups is 2. The van der Waals surface area contributed by atoms with E-state index in [0.717, 1.165) is 12.1 Å². The molecule has 0 bridgehead atoms. The predicted molar refractivity (Wildman–Crippen MR) is 82.9 cm³/mol. The summed E-state index contributed by atoms with van der Waals surface area (Å²) < 4.78 is 38.3. The third kappa shape index (κ3) is 4.72. The van der Waals surface area contributed by atoms with E-state index in [4.69, 9.17) is 0 Å². The first-order chi connectivity index (χ1) is 11.0. The molecule has 1 heterocycles. The summed E-state index contributed by atoms with van der Waals surface area (Å²) in [5, 5.41) is 2.83. The van der Waals surface area contributed by atoms with Crippen LogP contribution in [0.5, 0.6) is 0 Å². The van der Waals surface area contributed by atoms with Gasteiger partial charge in [-0.25, -0.2) is 0 Å². The molecule has 1 aliphatic heterocycles. The average molecular weight is 342 g/mol. The number of nitrogens with zero attached hydrogens (tertiary/aromatic N) is 1. The summed E-state index contributed by atoms with van der Waals surface area (Å²) in [7, 11) is 0. The lowest BCUT2D eigenvalue weighted by molar-refractivity contribution is -0.137. The number of hydrogen-bond donors (Lipinski definition) is 1. The lowest BCUT2D eigenvalue weighted by Crippen LogP contribution is -2.44. The number of benzene rings is 1. The van der Waals surface area contributed by atoms with Crippen molar-refractivity contribution in [2.24, 2.45) is 5.92 Å². The fourth-order valence-electron chi connectivity index (χ4n) is 2.64. The second kappa shape index (κ2) is 6.45. The van der Waals surface area contributed by atoms with Crippen molar-refractivity contribution in [1.29, 1.82) is 0 Å².